The smallest absolute Gasteiger partial charge is 0.122 e. The molecule has 1 aromatic rings. The fourth-order valence-electron chi connectivity index (χ4n) is 0.830. The van der Waals surface area contributed by atoms with E-state index in [1.807, 2.05) is 18.2 Å². The number of phenols is 1. The monoisotopic (exact) mass is 290 g/mol. The summed E-state index contributed by atoms with van der Waals surface area (Å²) in [5.74, 6) is 0.301. The number of hydrogen-bond acceptors (Lipinski definition) is 1. The highest BCUT2D eigenvalue weighted by molar-refractivity contribution is 9.10. The molecule has 0 aliphatic heterocycles. The number of rotatable bonds is 2. The Labute approximate surface area is 88.4 Å². The Morgan fingerprint density at radius 3 is 2.83 bits per heavy atom. The molecule has 0 aliphatic rings. The zero-order valence-electron chi connectivity index (χ0n) is 6.30. The van der Waals surface area contributed by atoms with Gasteiger partial charge in [-0.3, -0.25) is 0 Å². The summed E-state index contributed by atoms with van der Waals surface area (Å²) in [5.41, 5.74) is 0.823. The summed E-state index contributed by atoms with van der Waals surface area (Å²) in [5, 5.41) is 10.2. The van der Waals surface area contributed by atoms with Crippen LogP contribution < -0.4 is 0 Å². The Bertz CT molecular complexity index is 295. The number of benzene rings is 1. The van der Waals surface area contributed by atoms with Gasteiger partial charge in [-0.05, 0) is 18.2 Å². The van der Waals surface area contributed by atoms with Crippen molar-refractivity contribution in [3.63, 3.8) is 0 Å². The van der Waals surface area contributed by atoms with Crippen LogP contribution in [0.25, 0.3) is 6.08 Å². The molecule has 1 aromatic carbocycles. The zero-order chi connectivity index (χ0) is 8.97. The summed E-state index contributed by atoms with van der Waals surface area (Å²) in [6.07, 6.45) is 3.80. The maximum absolute atomic E-state index is 9.37. The van der Waals surface area contributed by atoms with E-state index < -0.39 is 0 Å². The molecular weight excluding hydrogens is 284 g/mol. The molecule has 0 heterocycles. The van der Waals surface area contributed by atoms with E-state index in [4.69, 9.17) is 0 Å². The van der Waals surface area contributed by atoms with Crippen molar-refractivity contribution in [2.45, 2.75) is 0 Å². The van der Waals surface area contributed by atoms with Gasteiger partial charge in [-0.2, -0.15) is 0 Å². The van der Waals surface area contributed by atoms with Gasteiger partial charge in [0.05, 0.1) is 0 Å². The van der Waals surface area contributed by atoms with Crippen LogP contribution in [0.15, 0.2) is 28.7 Å². The Balaban J connectivity index is 2.97. The third-order valence-corrected chi connectivity index (χ3v) is 2.24. The highest BCUT2D eigenvalue weighted by Gasteiger charge is 1.96. The molecule has 1 rings (SSSR count). The zero-order valence-corrected chi connectivity index (χ0v) is 9.47. The van der Waals surface area contributed by atoms with Crippen LogP contribution in [0.1, 0.15) is 5.56 Å². The van der Waals surface area contributed by atoms with Gasteiger partial charge in [0, 0.05) is 15.4 Å². The third-order valence-electron chi connectivity index (χ3n) is 1.38. The molecule has 1 nitrogen and oxygen atoms in total. The number of allylic oxidation sites excluding steroid dienone is 1. The quantitative estimate of drug-likeness (QED) is 0.826. The second-order valence-electron chi connectivity index (χ2n) is 2.26. The standard InChI is InChI=1S/C9H8Br2O/c10-5-1-2-7-6-8(11)3-4-9(7)12/h1-4,6,12H,5H2. The van der Waals surface area contributed by atoms with Gasteiger partial charge in [0.2, 0.25) is 0 Å². The van der Waals surface area contributed by atoms with Crippen LogP contribution in [-0.2, 0) is 0 Å². The van der Waals surface area contributed by atoms with Gasteiger partial charge >= 0.3 is 0 Å². The lowest BCUT2D eigenvalue weighted by Gasteiger charge is -1.98. The van der Waals surface area contributed by atoms with Crippen LogP contribution in [0.2, 0.25) is 0 Å². The van der Waals surface area contributed by atoms with E-state index in [1.54, 1.807) is 12.1 Å². The minimum Gasteiger partial charge on any atom is -0.507 e. The van der Waals surface area contributed by atoms with E-state index >= 15 is 0 Å². The first-order valence-corrected chi connectivity index (χ1v) is 5.36. The summed E-state index contributed by atoms with van der Waals surface area (Å²) >= 11 is 6.60. The van der Waals surface area contributed by atoms with Crippen molar-refractivity contribution in [2.24, 2.45) is 0 Å². The Kier molecular flexibility index (Phi) is 3.82. The van der Waals surface area contributed by atoms with Gasteiger partial charge in [0.15, 0.2) is 0 Å². The van der Waals surface area contributed by atoms with Crippen molar-refractivity contribution in [3.8, 4) is 5.75 Å². The average Bonchev–Trinajstić information content (AvgIpc) is 2.07. The first-order chi connectivity index (χ1) is 5.74. The third kappa shape index (κ3) is 2.64. The molecule has 64 valence electrons. The maximum Gasteiger partial charge on any atom is 0.122 e. The number of phenolic OH excluding ortho intramolecular Hbond substituents is 1. The molecule has 0 bridgehead atoms. The van der Waals surface area contributed by atoms with Gasteiger partial charge in [-0.1, -0.05) is 44.0 Å². The average molecular weight is 292 g/mol. The summed E-state index contributed by atoms with van der Waals surface area (Å²) in [7, 11) is 0. The van der Waals surface area contributed by atoms with E-state index in [2.05, 4.69) is 31.9 Å². The van der Waals surface area contributed by atoms with Gasteiger partial charge < -0.3 is 5.11 Å². The minimum atomic E-state index is 0.301. The largest absolute Gasteiger partial charge is 0.507 e. The van der Waals surface area contributed by atoms with Crippen molar-refractivity contribution in [1.82, 2.24) is 0 Å². The molecule has 0 spiro atoms. The lowest BCUT2D eigenvalue weighted by Crippen LogP contribution is -1.74. The molecule has 0 saturated heterocycles. The Hall–Kier alpha value is -0.280. The predicted octanol–water partition coefficient (Wildman–Crippen LogP) is 3.56. The lowest BCUT2D eigenvalue weighted by atomic mass is 10.2. The van der Waals surface area contributed by atoms with E-state index in [1.165, 1.54) is 0 Å². The molecule has 0 aromatic heterocycles. The molecule has 0 unspecified atom stereocenters. The Morgan fingerprint density at radius 2 is 2.17 bits per heavy atom. The topological polar surface area (TPSA) is 20.2 Å². The summed E-state index contributed by atoms with van der Waals surface area (Å²) in [6, 6.07) is 5.34. The van der Waals surface area contributed by atoms with Gasteiger partial charge in [0.25, 0.3) is 0 Å². The van der Waals surface area contributed by atoms with Crippen molar-refractivity contribution in [2.75, 3.05) is 5.33 Å². The van der Waals surface area contributed by atoms with E-state index in [9.17, 15) is 5.11 Å². The number of aromatic hydroxyl groups is 1. The molecule has 0 aliphatic carbocycles. The number of halogens is 2. The summed E-state index contributed by atoms with van der Waals surface area (Å²) in [6.45, 7) is 0. The van der Waals surface area contributed by atoms with Crippen molar-refractivity contribution < 1.29 is 5.11 Å². The van der Waals surface area contributed by atoms with Gasteiger partial charge in [0.1, 0.15) is 5.75 Å². The predicted molar refractivity (Wildman–Crippen MR) is 58.6 cm³/mol. The van der Waals surface area contributed by atoms with Crippen LogP contribution in [0.5, 0.6) is 5.75 Å². The first-order valence-electron chi connectivity index (χ1n) is 3.45. The van der Waals surface area contributed by atoms with Gasteiger partial charge in [-0.25, -0.2) is 0 Å². The van der Waals surface area contributed by atoms with Crippen LogP contribution in [0, 0.1) is 0 Å². The molecule has 0 saturated carbocycles. The summed E-state index contributed by atoms with van der Waals surface area (Å²) < 4.78 is 0.967. The molecule has 1 N–H and O–H groups in total. The maximum atomic E-state index is 9.37. The van der Waals surface area contributed by atoms with Gasteiger partial charge in [-0.15, -0.1) is 0 Å². The van der Waals surface area contributed by atoms with E-state index in [0.29, 0.717) is 5.75 Å². The van der Waals surface area contributed by atoms with Crippen LogP contribution in [-0.4, -0.2) is 10.4 Å². The van der Waals surface area contributed by atoms with E-state index in [-0.39, 0.29) is 0 Å². The van der Waals surface area contributed by atoms with Crippen molar-refractivity contribution in [1.29, 1.82) is 0 Å². The fraction of sp³-hybridized carbons (Fsp3) is 0.111. The number of hydrogen-bond donors (Lipinski definition) is 1. The lowest BCUT2D eigenvalue weighted by molar-refractivity contribution is 0.474. The number of alkyl halides is 1. The second-order valence-corrected chi connectivity index (χ2v) is 3.82. The SMILES string of the molecule is Oc1ccc(Br)cc1C=CCBr. The van der Waals surface area contributed by atoms with Crippen molar-refractivity contribution in [3.05, 3.63) is 34.3 Å². The van der Waals surface area contributed by atoms with Crippen LogP contribution in [0.4, 0.5) is 0 Å². The highest BCUT2D eigenvalue weighted by atomic mass is 79.9. The minimum absolute atomic E-state index is 0.301. The summed E-state index contributed by atoms with van der Waals surface area (Å²) in [4.78, 5) is 0. The highest BCUT2D eigenvalue weighted by Crippen LogP contribution is 2.22. The molecular formula is C9H8Br2O. The normalized spacial score (nSPS) is 10.8. The molecule has 0 amide bonds. The first kappa shape index (κ1) is 9.81. The molecule has 3 heteroatoms. The van der Waals surface area contributed by atoms with Crippen LogP contribution in [0.3, 0.4) is 0 Å². The second kappa shape index (κ2) is 4.67. The molecule has 12 heavy (non-hydrogen) atoms. The molecule has 0 atom stereocenters. The molecule has 0 radical (unpaired) electrons. The van der Waals surface area contributed by atoms with Crippen LogP contribution >= 0.6 is 31.9 Å². The van der Waals surface area contributed by atoms with E-state index in [0.717, 1.165) is 15.4 Å². The van der Waals surface area contributed by atoms with Crippen molar-refractivity contribution >= 4 is 37.9 Å². The fourth-order valence-corrected chi connectivity index (χ4v) is 1.40. The Morgan fingerprint density at radius 1 is 1.42 bits per heavy atom. The molecule has 0 fully saturated rings.